The van der Waals surface area contributed by atoms with Crippen LogP contribution in [0.15, 0.2) is 36.5 Å². The van der Waals surface area contributed by atoms with Gasteiger partial charge in [0.05, 0.1) is 4.92 Å². The third-order valence-corrected chi connectivity index (χ3v) is 2.65. The third-order valence-electron chi connectivity index (χ3n) is 2.65. The standard InChI is InChI=1S/C12H6F2N4O2/c13-8-3-7(4-9(14)5-8)12-15-11-2-1-10(18(19)20)6-17(11)16-12/h1-6H. The first-order valence-electron chi connectivity index (χ1n) is 5.50. The topological polar surface area (TPSA) is 73.3 Å². The van der Waals surface area contributed by atoms with Gasteiger partial charge in [0.1, 0.15) is 17.8 Å². The zero-order chi connectivity index (χ0) is 14.3. The first-order valence-corrected chi connectivity index (χ1v) is 5.50. The van der Waals surface area contributed by atoms with E-state index in [1.54, 1.807) is 0 Å². The normalized spacial score (nSPS) is 10.9. The lowest BCUT2D eigenvalue weighted by Gasteiger charge is -1.95. The lowest BCUT2D eigenvalue weighted by Crippen LogP contribution is -1.93. The quantitative estimate of drug-likeness (QED) is 0.532. The second-order valence-corrected chi connectivity index (χ2v) is 4.04. The van der Waals surface area contributed by atoms with E-state index in [1.807, 2.05) is 0 Å². The molecule has 1 aromatic carbocycles. The molecular weight excluding hydrogens is 270 g/mol. The van der Waals surface area contributed by atoms with Crippen molar-refractivity contribution < 1.29 is 13.7 Å². The Labute approximate surface area is 110 Å². The van der Waals surface area contributed by atoms with E-state index in [0.29, 0.717) is 5.65 Å². The average Bonchev–Trinajstić information content (AvgIpc) is 2.80. The number of rotatable bonds is 2. The van der Waals surface area contributed by atoms with Gasteiger partial charge in [-0.3, -0.25) is 10.1 Å². The first kappa shape index (κ1) is 12.2. The summed E-state index contributed by atoms with van der Waals surface area (Å²) in [7, 11) is 0. The second-order valence-electron chi connectivity index (χ2n) is 4.04. The van der Waals surface area contributed by atoms with Gasteiger partial charge in [-0.15, -0.1) is 5.10 Å². The Hall–Kier alpha value is -2.90. The summed E-state index contributed by atoms with van der Waals surface area (Å²) in [5.41, 5.74) is 0.350. The monoisotopic (exact) mass is 276 g/mol. The summed E-state index contributed by atoms with van der Waals surface area (Å²) in [6.45, 7) is 0. The number of halogens is 2. The number of nitrogens with zero attached hydrogens (tertiary/aromatic N) is 4. The van der Waals surface area contributed by atoms with Gasteiger partial charge < -0.3 is 0 Å². The molecule has 0 radical (unpaired) electrons. The highest BCUT2D eigenvalue weighted by Gasteiger charge is 2.12. The highest BCUT2D eigenvalue weighted by molar-refractivity contribution is 5.58. The molecular formula is C12H6F2N4O2. The molecule has 0 saturated carbocycles. The number of hydrogen-bond acceptors (Lipinski definition) is 4. The molecule has 0 saturated heterocycles. The van der Waals surface area contributed by atoms with Crippen LogP contribution in [0, 0.1) is 21.7 Å². The summed E-state index contributed by atoms with van der Waals surface area (Å²) in [4.78, 5) is 14.2. The van der Waals surface area contributed by atoms with E-state index < -0.39 is 16.6 Å². The smallest absolute Gasteiger partial charge is 0.258 e. The Balaban J connectivity index is 2.15. The third kappa shape index (κ3) is 2.07. The summed E-state index contributed by atoms with van der Waals surface area (Å²) in [6, 6.07) is 5.60. The molecule has 0 bridgehead atoms. The van der Waals surface area contributed by atoms with Gasteiger partial charge in [-0.05, 0) is 18.2 Å². The van der Waals surface area contributed by atoms with Crippen LogP contribution in [0.5, 0.6) is 0 Å². The van der Waals surface area contributed by atoms with Gasteiger partial charge in [0.25, 0.3) is 5.69 Å². The SMILES string of the molecule is O=[N+]([O-])c1ccc2nc(-c3cc(F)cc(F)c3)nn2c1. The summed E-state index contributed by atoms with van der Waals surface area (Å²) in [5, 5.41) is 14.6. The molecule has 3 aromatic rings. The molecule has 100 valence electrons. The fourth-order valence-electron chi connectivity index (χ4n) is 1.79. The van der Waals surface area contributed by atoms with E-state index in [9.17, 15) is 18.9 Å². The zero-order valence-electron chi connectivity index (χ0n) is 9.83. The molecule has 20 heavy (non-hydrogen) atoms. The van der Waals surface area contributed by atoms with Crippen LogP contribution in [0.3, 0.4) is 0 Å². The molecule has 0 amide bonds. The Morgan fingerprint density at radius 1 is 1.15 bits per heavy atom. The maximum Gasteiger partial charge on any atom is 0.287 e. The lowest BCUT2D eigenvalue weighted by atomic mass is 10.2. The molecule has 0 aliphatic carbocycles. The van der Waals surface area contributed by atoms with Crippen molar-refractivity contribution in [2.45, 2.75) is 0 Å². The van der Waals surface area contributed by atoms with E-state index in [4.69, 9.17) is 0 Å². The van der Waals surface area contributed by atoms with E-state index in [2.05, 4.69) is 10.1 Å². The molecule has 0 atom stereocenters. The molecule has 0 N–H and O–H groups in total. The maximum atomic E-state index is 13.1. The van der Waals surface area contributed by atoms with Crippen LogP contribution >= 0.6 is 0 Å². The van der Waals surface area contributed by atoms with Gasteiger partial charge in [0.2, 0.25) is 0 Å². The van der Waals surface area contributed by atoms with Crippen LogP contribution in [-0.4, -0.2) is 19.5 Å². The van der Waals surface area contributed by atoms with Crippen LogP contribution in [0.2, 0.25) is 0 Å². The molecule has 0 fully saturated rings. The zero-order valence-corrected chi connectivity index (χ0v) is 9.83. The first-order chi connectivity index (χ1) is 9.52. The number of aromatic nitrogens is 3. The number of benzene rings is 1. The maximum absolute atomic E-state index is 13.1. The van der Waals surface area contributed by atoms with E-state index in [1.165, 1.54) is 22.8 Å². The van der Waals surface area contributed by atoms with Crippen molar-refractivity contribution in [1.29, 1.82) is 0 Å². The van der Waals surface area contributed by atoms with Gasteiger partial charge in [-0.1, -0.05) is 0 Å². The fourth-order valence-corrected chi connectivity index (χ4v) is 1.79. The van der Waals surface area contributed by atoms with Crippen molar-refractivity contribution in [2.24, 2.45) is 0 Å². The fraction of sp³-hybridized carbons (Fsp3) is 0. The van der Waals surface area contributed by atoms with E-state index >= 15 is 0 Å². The van der Waals surface area contributed by atoms with Crippen molar-refractivity contribution in [3.63, 3.8) is 0 Å². The van der Waals surface area contributed by atoms with E-state index in [0.717, 1.165) is 18.2 Å². The number of fused-ring (bicyclic) bond motifs is 1. The van der Waals surface area contributed by atoms with Crippen LogP contribution in [0.25, 0.3) is 17.0 Å². The molecule has 0 aliphatic heterocycles. The minimum Gasteiger partial charge on any atom is -0.258 e. The van der Waals surface area contributed by atoms with Crippen molar-refractivity contribution in [3.8, 4) is 11.4 Å². The summed E-state index contributed by atoms with van der Waals surface area (Å²) in [5.74, 6) is -1.40. The van der Waals surface area contributed by atoms with Gasteiger partial charge in [-0.2, -0.15) is 0 Å². The largest absolute Gasteiger partial charge is 0.287 e. The second kappa shape index (κ2) is 4.34. The van der Waals surface area contributed by atoms with Crippen molar-refractivity contribution in [2.75, 3.05) is 0 Å². The van der Waals surface area contributed by atoms with Crippen molar-refractivity contribution >= 4 is 11.3 Å². The van der Waals surface area contributed by atoms with Gasteiger partial charge in [0.15, 0.2) is 11.5 Å². The summed E-state index contributed by atoms with van der Waals surface area (Å²) >= 11 is 0. The van der Waals surface area contributed by atoms with Crippen molar-refractivity contribution in [1.82, 2.24) is 14.6 Å². The highest BCUT2D eigenvalue weighted by atomic mass is 19.1. The van der Waals surface area contributed by atoms with Crippen LogP contribution in [-0.2, 0) is 0 Å². The Kier molecular flexibility index (Phi) is 2.63. The van der Waals surface area contributed by atoms with Crippen molar-refractivity contribution in [3.05, 3.63) is 58.3 Å². The number of hydrogen-bond donors (Lipinski definition) is 0. The minimum absolute atomic E-state index is 0.0869. The van der Waals surface area contributed by atoms with Gasteiger partial charge in [0, 0.05) is 17.7 Å². The predicted molar refractivity (Wildman–Crippen MR) is 65.0 cm³/mol. The summed E-state index contributed by atoms with van der Waals surface area (Å²) < 4.78 is 27.5. The molecule has 3 rings (SSSR count). The molecule has 2 aromatic heterocycles. The summed E-state index contributed by atoms with van der Waals surface area (Å²) in [6.07, 6.45) is 1.18. The molecule has 0 spiro atoms. The molecule has 2 heterocycles. The molecule has 6 nitrogen and oxygen atoms in total. The van der Waals surface area contributed by atoms with Crippen LogP contribution in [0.4, 0.5) is 14.5 Å². The van der Waals surface area contributed by atoms with Crippen LogP contribution < -0.4 is 0 Å². The van der Waals surface area contributed by atoms with Gasteiger partial charge in [-0.25, -0.2) is 18.3 Å². The molecule has 0 aliphatic rings. The lowest BCUT2D eigenvalue weighted by molar-refractivity contribution is -0.385. The van der Waals surface area contributed by atoms with Crippen LogP contribution in [0.1, 0.15) is 0 Å². The Morgan fingerprint density at radius 2 is 1.85 bits per heavy atom. The Morgan fingerprint density at radius 3 is 2.50 bits per heavy atom. The highest BCUT2D eigenvalue weighted by Crippen LogP contribution is 2.20. The number of pyridine rings is 1. The Bertz CT molecular complexity index is 811. The number of nitro groups is 1. The molecule has 0 unspecified atom stereocenters. The predicted octanol–water partition coefficient (Wildman–Crippen LogP) is 2.58. The van der Waals surface area contributed by atoms with E-state index in [-0.39, 0.29) is 17.1 Å². The minimum atomic E-state index is -0.746. The molecule has 8 heteroatoms. The average molecular weight is 276 g/mol. The van der Waals surface area contributed by atoms with Gasteiger partial charge >= 0.3 is 0 Å².